The number of nitriles is 1. The number of hydrogen-bond donors (Lipinski definition) is 1. The summed E-state index contributed by atoms with van der Waals surface area (Å²) in [5, 5.41) is 8.84. The van der Waals surface area contributed by atoms with E-state index in [2.05, 4.69) is 37.9 Å². The van der Waals surface area contributed by atoms with Crippen molar-refractivity contribution < 1.29 is 0 Å². The Hall–Kier alpha value is -0.310. The molecule has 1 heterocycles. The van der Waals surface area contributed by atoms with Crippen LogP contribution in [0.3, 0.4) is 0 Å². The Labute approximate surface area is 104 Å². The van der Waals surface area contributed by atoms with Gasteiger partial charge in [0.1, 0.15) is 0 Å². The standard InChI is InChI=1S/C9H8Br2N2S/c1-2-5(4-12)8(13)6-3-7(10)14-9(6)11/h3H,2,13H2,1H3/b8-5-. The van der Waals surface area contributed by atoms with Crippen molar-refractivity contribution in [1.29, 1.82) is 5.26 Å². The topological polar surface area (TPSA) is 49.8 Å². The third kappa shape index (κ3) is 2.38. The van der Waals surface area contributed by atoms with E-state index in [9.17, 15) is 0 Å². The van der Waals surface area contributed by atoms with Crippen LogP contribution in [0.4, 0.5) is 0 Å². The Morgan fingerprint density at radius 2 is 2.29 bits per heavy atom. The zero-order chi connectivity index (χ0) is 10.7. The van der Waals surface area contributed by atoms with E-state index < -0.39 is 0 Å². The summed E-state index contributed by atoms with van der Waals surface area (Å²) in [5.74, 6) is 0. The lowest BCUT2D eigenvalue weighted by molar-refractivity contribution is 1.15. The van der Waals surface area contributed by atoms with Crippen LogP contribution >= 0.6 is 43.2 Å². The first-order valence-corrected chi connectivity index (χ1v) is 6.34. The van der Waals surface area contributed by atoms with Gasteiger partial charge in [0.25, 0.3) is 0 Å². The van der Waals surface area contributed by atoms with E-state index in [1.807, 2.05) is 13.0 Å². The Bertz CT molecular complexity index is 415. The molecule has 5 heteroatoms. The summed E-state index contributed by atoms with van der Waals surface area (Å²) in [7, 11) is 0. The lowest BCUT2D eigenvalue weighted by atomic mass is 10.1. The second-order valence-corrected chi connectivity index (χ2v) is 6.34. The summed E-state index contributed by atoms with van der Waals surface area (Å²) < 4.78 is 1.94. The van der Waals surface area contributed by atoms with Crippen LogP contribution in [0.5, 0.6) is 0 Å². The highest BCUT2D eigenvalue weighted by Crippen LogP contribution is 2.35. The minimum absolute atomic E-state index is 0.559. The van der Waals surface area contributed by atoms with Gasteiger partial charge in [0.2, 0.25) is 0 Å². The summed E-state index contributed by atoms with van der Waals surface area (Å²) in [4.78, 5) is 0. The molecule has 0 aliphatic heterocycles. The predicted molar refractivity (Wildman–Crippen MR) is 66.7 cm³/mol. The van der Waals surface area contributed by atoms with Gasteiger partial charge in [-0.3, -0.25) is 0 Å². The number of allylic oxidation sites excluding steroid dienone is 1. The van der Waals surface area contributed by atoms with E-state index in [0.29, 0.717) is 17.7 Å². The molecule has 0 fully saturated rings. The average molecular weight is 336 g/mol. The summed E-state index contributed by atoms with van der Waals surface area (Å²) in [6.45, 7) is 1.92. The zero-order valence-corrected chi connectivity index (χ0v) is 11.5. The first kappa shape index (κ1) is 11.8. The van der Waals surface area contributed by atoms with E-state index in [-0.39, 0.29) is 0 Å². The van der Waals surface area contributed by atoms with Gasteiger partial charge < -0.3 is 5.73 Å². The van der Waals surface area contributed by atoms with E-state index in [1.54, 1.807) is 11.3 Å². The lowest BCUT2D eigenvalue weighted by Gasteiger charge is -2.01. The van der Waals surface area contributed by atoms with Gasteiger partial charge in [-0.05, 0) is 44.3 Å². The third-order valence-electron chi connectivity index (χ3n) is 1.76. The maximum atomic E-state index is 8.84. The van der Waals surface area contributed by atoms with Crippen molar-refractivity contribution in [2.24, 2.45) is 5.73 Å². The minimum atomic E-state index is 0.559. The smallest absolute Gasteiger partial charge is 0.0968 e. The summed E-state index contributed by atoms with van der Waals surface area (Å²) in [6, 6.07) is 4.02. The fourth-order valence-corrected chi connectivity index (χ4v) is 3.86. The van der Waals surface area contributed by atoms with Gasteiger partial charge in [-0.2, -0.15) is 5.26 Å². The molecule has 0 aliphatic carbocycles. The highest BCUT2D eigenvalue weighted by molar-refractivity contribution is 9.12. The first-order valence-electron chi connectivity index (χ1n) is 3.94. The molecular weight excluding hydrogens is 328 g/mol. The Kier molecular flexibility index (Phi) is 4.17. The number of rotatable bonds is 2. The van der Waals surface area contributed by atoms with Gasteiger partial charge in [-0.25, -0.2) is 0 Å². The van der Waals surface area contributed by atoms with Crippen molar-refractivity contribution in [3.63, 3.8) is 0 Å². The normalized spacial score (nSPS) is 12.1. The van der Waals surface area contributed by atoms with Crippen LogP contribution in [0.1, 0.15) is 18.9 Å². The van der Waals surface area contributed by atoms with Gasteiger partial charge in [-0.1, -0.05) is 6.92 Å². The predicted octanol–water partition coefficient (Wildman–Crippen LogP) is 3.88. The largest absolute Gasteiger partial charge is 0.397 e. The molecule has 0 unspecified atom stereocenters. The molecule has 0 saturated heterocycles. The van der Waals surface area contributed by atoms with Crippen LogP contribution in [-0.2, 0) is 0 Å². The molecule has 74 valence electrons. The van der Waals surface area contributed by atoms with Crippen molar-refractivity contribution in [3.05, 3.63) is 24.8 Å². The molecule has 0 aromatic carbocycles. The van der Waals surface area contributed by atoms with Crippen molar-refractivity contribution >= 4 is 48.9 Å². The fraction of sp³-hybridized carbons (Fsp3) is 0.222. The van der Waals surface area contributed by atoms with Crippen molar-refractivity contribution in [3.8, 4) is 6.07 Å². The summed E-state index contributed by atoms with van der Waals surface area (Å²) in [5.41, 5.74) is 7.96. The SMILES string of the molecule is CC/C(C#N)=C(/N)c1cc(Br)sc1Br. The number of thiophene rings is 1. The van der Waals surface area contributed by atoms with Gasteiger partial charge >= 0.3 is 0 Å². The Morgan fingerprint density at radius 1 is 1.64 bits per heavy atom. The molecule has 2 nitrogen and oxygen atoms in total. The summed E-state index contributed by atoms with van der Waals surface area (Å²) in [6.07, 6.45) is 0.655. The zero-order valence-electron chi connectivity index (χ0n) is 7.47. The highest BCUT2D eigenvalue weighted by atomic mass is 79.9. The number of halogens is 2. The molecule has 0 radical (unpaired) electrons. The number of nitrogens with two attached hydrogens (primary N) is 1. The number of hydrogen-bond acceptors (Lipinski definition) is 3. The van der Waals surface area contributed by atoms with E-state index in [4.69, 9.17) is 11.0 Å². The first-order chi connectivity index (χ1) is 6.60. The monoisotopic (exact) mass is 334 g/mol. The van der Waals surface area contributed by atoms with E-state index >= 15 is 0 Å². The Balaban J connectivity index is 3.24. The molecule has 1 aromatic heterocycles. The molecule has 1 rings (SSSR count). The molecule has 0 bridgehead atoms. The van der Waals surface area contributed by atoms with Gasteiger partial charge in [0.05, 0.1) is 24.9 Å². The van der Waals surface area contributed by atoms with Gasteiger partial charge in [0, 0.05) is 5.56 Å². The molecule has 0 atom stereocenters. The molecule has 2 N–H and O–H groups in total. The highest BCUT2D eigenvalue weighted by Gasteiger charge is 2.10. The molecule has 0 spiro atoms. The van der Waals surface area contributed by atoms with Gasteiger partial charge in [-0.15, -0.1) is 11.3 Å². The molecule has 14 heavy (non-hydrogen) atoms. The van der Waals surface area contributed by atoms with Crippen LogP contribution in [0.2, 0.25) is 0 Å². The van der Waals surface area contributed by atoms with Crippen LogP contribution in [0.15, 0.2) is 19.2 Å². The van der Waals surface area contributed by atoms with E-state index in [1.165, 1.54) is 0 Å². The van der Waals surface area contributed by atoms with Crippen molar-refractivity contribution in [1.82, 2.24) is 0 Å². The summed E-state index contributed by atoms with van der Waals surface area (Å²) >= 11 is 8.33. The van der Waals surface area contributed by atoms with Crippen molar-refractivity contribution in [2.45, 2.75) is 13.3 Å². The maximum absolute atomic E-state index is 8.84. The molecule has 0 saturated carbocycles. The second-order valence-electron chi connectivity index (χ2n) is 2.60. The average Bonchev–Trinajstić information content (AvgIpc) is 2.47. The van der Waals surface area contributed by atoms with Crippen molar-refractivity contribution in [2.75, 3.05) is 0 Å². The molecule has 0 amide bonds. The third-order valence-corrected chi connectivity index (χ3v) is 4.10. The maximum Gasteiger partial charge on any atom is 0.0968 e. The number of nitrogens with zero attached hydrogens (tertiary/aromatic N) is 1. The van der Waals surface area contributed by atoms with Gasteiger partial charge in [0.15, 0.2) is 0 Å². The lowest BCUT2D eigenvalue weighted by Crippen LogP contribution is -1.99. The van der Waals surface area contributed by atoms with E-state index in [0.717, 1.165) is 13.1 Å². The Morgan fingerprint density at radius 3 is 2.64 bits per heavy atom. The molecule has 1 aromatic rings. The quantitative estimate of drug-likeness (QED) is 0.834. The molecule has 0 aliphatic rings. The minimum Gasteiger partial charge on any atom is -0.397 e. The van der Waals surface area contributed by atoms with Crippen LogP contribution in [-0.4, -0.2) is 0 Å². The fourth-order valence-electron chi connectivity index (χ4n) is 1.02. The van der Waals surface area contributed by atoms with Crippen LogP contribution < -0.4 is 5.73 Å². The van der Waals surface area contributed by atoms with Crippen LogP contribution in [0.25, 0.3) is 5.70 Å². The van der Waals surface area contributed by atoms with Crippen LogP contribution in [0, 0.1) is 11.3 Å². The molecular formula is C9H8Br2N2S. The second kappa shape index (κ2) is 4.96.